The van der Waals surface area contributed by atoms with Crippen LogP contribution in [-0.4, -0.2) is 13.0 Å². The summed E-state index contributed by atoms with van der Waals surface area (Å²) in [6.07, 6.45) is 0. The fraction of sp³-hybridized carbons (Fsp3) is 0.125. The van der Waals surface area contributed by atoms with E-state index in [2.05, 4.69) is 4.84 Å². The molecule has 6 heteroatoms. The van der Waals surface area contributed by atoms with Gasteiger partial charge in [0.25, 0.3) is 5.91 Å². The van der Waals surface area contributed by atoms with E-state index in [-0.39, 0.29) is 15.6 Å². The van der Waals surface area contributed by atoms with Crippen molar-refractivity contribution >= 4 is 29.1 Å². The Balaban J connectivity index is 3.09. The Labute approximate surface area is 89.7 Å². The maximum atomic E-state index is 12.9. The van der Waals surface area contributed by atoms with Crippen LogP contribution in [0.1, 0.15) is 10.4 Å². The highest BCUT2D eigenvalue weighted by Crippen LogP contribution is 2.24. The van der Waals surface area contributed by atoms with Crippen molar-refractivity contribution in [2.75, 3.05) is 7.11 Å². The molecule has 1 N–H and O–H groups in total. The third-order valence-electron chi connectivity index (χ3n) is 1.45. The highest BCUT2D eigenvalue weighted by atomic mass is 35.5. The minimum Gasteiger partial charge on any atom is -0.277 e. The van der Waals surface area contributed by atoms with E-state index in [9.17, 15) is 9.18 Å². The number of hydroxylamine groups is 1. The van der Waals surface area contributed by atoms with Gasteiger partial charge in [-0.3, -0.25) is 9.63 Å². The van der Waals surface area contributed by atoms with Gasteiger partial charge in [-0.1, -0.05) is 23.2 Å². The molecule has 1 rings (SSSR count). The summed E-state index contributed by atoms with van der Waals surface area (Å²) in [6.45, 7) is 0. The summed E-state index contributed by atoms with van der Waals surface area (Å²) in [5.41, 5.74) is 1.98. The maximum Gasteiger partial charge on any atom is 0.276 e. The number of rotatable bonds is 2. The lowest BCUT2D eigenvalue weighted by atomic mass is 10.2. The second kappa shape index (κ2) is 4.59. The molecule has 0 saturated carbocycles. The van der Waals surface area contributed by atoms with E-state index in [0.29, 0.717) is 0 Å². The zero-order valence-electron chi connectivity index (χ0n) is 7.11. The summed E-state index contributed by atoms with van der Waals surface area (Å²) in [7, 11) is 1.26. The molecule has 0 bridgehead atoms. The van der Waals surface area contributed by atoms with Crippen LogP contribution in [0.4, 0.5) is 4.39 Å². The average Bonchev–Trinajstić information content (AvgIpc) is 2.11. The summed E-state index contributed by atoms with van der Waals surface area (Å²) < 4.78 is 12.9. The first-order chi connectivity index (χ1) is 6.56. The number of hydrogen-bond acceptors (Lipinski definition) is 2. The van der Waals surface area contributed by atoms with Crippen LogP contribution < -0.4 is 5.48 Å². The van der Waals surface area contributed by atoms with E-state index in [1.54, 1.807) is 0 Å². The standard InChI is InChI=1S/C8H6Cl2FNO2/c1-14-12-8(13)4-2-7(11)6(10)3-5(4)9/h2-3H,1H3,(H,12,13). The highest BCUT2D eigenvalue weighted by Gasteiger charge is 2.13. The molecule has 0 aliphatic heterocycles. The van der Waals surface area contributed by atoms with Crippen molar-refractivity contribution in [1.82, 2.24) is 5.48 Å². The smallest absolute Gasteiger partial charge is 0.276 e. The predicted molar refractivity (Wildman–Crippen MR) is 50.9 cm³/mol. The molecule has 14 heavy (non-hydrogen) atoms. The van der Waals surface area contributed by atoms with Crippen molar-refractivity contribution in [1.29, 1.82) is 0 Å². The molecule has 0 aliphatic carbocycles. The van der Waals surface area contributed by atoms with Gasteiger partial charge in [0.05, 0.1) is 22.7 Å². The van der Waals surface area contributed by atoms with E-state index in [4.69, 9.17) is 23.2 Å². The lowest BCUT2D eigenvalue weighted by molar-refractivity contribution is 0.0537. The number of nitrogens with one attached hydrogen (secondary N) is 1. The Hall–Kier alpha value is -0.840. The van der Waals surface area contributed by atoms with Crippen molar-refractivity contribution < 1.29 is 14.0 Å². The number of halogens is 3. The summed E-state index contributed by atoms with van der Waals surface area (Å²) in [5, 5.41) is -0.0742. The topological polar surface area (TPSA) is 38.3 Å². The first kappa shape index (κ1) is 11.2. The van der Waals surface area contributed by atoms with Crippen LogP contribution in [0.15, 0.2) is 12.1 Å². The van der Waals surface area contributed by atoms with Crippen molar-refractivity contribution in [3.05, 3.63) is 33.6 Å². The maximum absolute atomic E-state index is 12.9. The minimum absolute atomic E-state index is 0.0320. The van der Waals surface area contributed by atoms with Gasteiger partial charge in [-0.05, 0) is 12.1 Å². The molecule has 0 aliphatic rings. The Morgan fingerprint density at radius 3 is 2.64 bits per heavy atom. The monoisotopic (exact) mass is 237 g/mol. The van der Waals surface area contributed by atoms with Gasteiger partial charge in [0.2, 0.25) is 0 Å². The molecule has 1 aromatic rings. The van der Waals surface area contributed by atoms with Crippen LogP contribution >= 0.6 is 23.2 Å². The minimum atomic E-state index is -0.711. The lowest BCUT2D eigenvalue weighted by Gasteiger charge is -2.04. The quantitative estimate of drug-likeness (QED) is 0.634. The molecule has 1 amide bonds. The van der Waals surface area contributed by atoms with Gasteiger partial charge in [-0.2, -0.15) is 0 Å². The first-order valence-corrected chi connectivity index (χ1v) is 4.29. The van der Waals surface area contributed by atoms with Gasteiger partial charge in [-0.25, -0.2) is 9.87 Å². The van der Waals surface area contributed by atoms with Crippen LogP contribution in [0.2, 0.25) is 10.0 Å². The first-order valence-electron chi connectivity index (χ1n) is 3.54. The molecule has 0 radical (unpaired) electrons. The summed E-state index contributed by atoms with van der Waals surface area (Å²) in [6, 6.07) is 2.10. The number of benzene rings is 1. The van der Waals surface area contributed by atoms with Crippen LogP contribution in [0, 0.1) is 5.82 Å². The Morgan fingerprint density at radius 2 is 2.07 bits per heavy atom. The second-order valence-electron chi connectivity index (χ2n) is 2.38. The lowest BCUT2D eigenvalue weighted by Crippen LogP contribution is -2.22. The zero-order chi connectivity index (χ0) is 10.7. The van der Waals surface area contributed by atoms with Crippen LogP contribution in [0.5, 0.6) is 0 Å². The summed E-state index contributed by atoms with van der Waals surface area (Å²) in [4.78, 5) is 15.6. The number of carbonyl (C=O) groups is 1. The van der Waals surface area contributed by atoms with E-state index >= 15 is 0 Å². The fourth-order valence-electron chi connectivity index (χ4n) is 0.844. The van der Waals surface area contributed by atoms with Gasteiger partial charge in [0, 0.05) is 0 Å². The molecule has 1 aromatic carbocycles. The number of amides is 1. The van der Waals surface area contributed by atoms with Crippen molar-refractivity contribution in [2.45, 2.75) is 0 Å². The SMILES string of the molecule is CONC(=O)c1cc(F)c(Cl)cc1Cl. The summed E-state index contributed by atoms with van der Waals surface area (Å²) in [5.74, 6) is -1.34. The van der Waals surface area contributed by atoms with E-state index in [1.165, 1.54) is 7.11 Å². The average molecular weight is 238 g/mol. The number of carbonyl (C=O) groups excluding carboxylic acids is 1. The molecule has 0 heterocycles. The van der Waals surface area contributed by atoms with E-state index in [0.717, 1.165) is 12.1 Å². The molecular weight excluding hydrogens is 232 g/mol. The van der Waals surface area contributed by atoms with Crippen LogP contribution in [-0.2, 0) is 4.84 Å². The van der Waals surface area contributed by atoms with E-state index < -0.39 is 11.7 Å². The van der Waals surface area contributed by atoms with Crippen molar-refractivity contribution in [3.63, 3.8) is 0 Å². The van der Waals surface area contributed by atoms with Crippen LogP contribution in [0.3, 0.4) is 0 Å². The van der Waals surface area contributed by atoms with Gasteiger partial charge >= 0.3 is 0 Å². The van der Waals surface area contributed by atoms with Gasteiger partial charge in [-0.15, -0.1) is 0 Å². The molecule has 0 unspecified atom stereocenters. The molecule has 0 aromatic heterocycles. The number of hydrogen-bond donors (Lipinski definition) is 1. The molecule has 0 spiro atoms. The molecule has 0 saturated heterocycles. The Bertz CT molecular complexity index is 371. The molecule has 76 valence electrons. The largest absolute Gasteiger partial charge is 0.277 e. The van der Waals surface area contributed by atoms with E-state index in [1.807, 2.05) is 5.48 Å². The zero-order valence-corrected chi connectivity index (χ0v) is 8.62. The second-order valence-corrected chi connectivity index (χ2v) is 3.20. The highest BCUT2D eigenvalue weighted by molar-refractivity contribution is 6.36. The molecular formula is C8H6Cl2FNO2. The predicted octanol–water partition coefficient (Wildman–Crippen LogP) is 2.42. The van der Waals surface area contributed by atoms with Crippen molar-refractivity contribution in [3.8, 4) is 0 Å². The molecule has 0 atom stereocenters. The Morgan fingerprint density at radius 1 is 1.43 bits per heavy atom. The van der Waals surface area contributed by atoms with Crippen molar-refractivity contribution in [2.24, 2.45) is 0 Å². The van der Waals surface area contributed by atoms with Gasteiger partial charge in [0.1, 0.15) is 5.82 Å². The van der Waals surface area contributed by atoms with Gasteiger partial charge < -0.3 is 0 Å². The summed E-state index contributed by atoms with van der Waals surface area (Å²) >= 11 is 11.1. The fourth-order valence-corrected chi connectivity index (χ4v) is 1.31. The third-order valence-corrected chi connectivity index (χ3v) is 2.05. The third kappa shape index (κ3) is 2.35. The normalized spacial score (nSPS) is 10.0. The van der Waals surface area contributed by atoms with Crippen LogP contribution in [0.25, 0.3) is 0 Å². The molecule has 0 fully saturated rings. The molecule has 3 nitrogen and oxygen atoms in total. The van der Waals surface area contributed by atoms with Gasteiger partial charge in [0.15, 0.2) is 0 Å². The Kier molecular flexibility index (Phi) is 3.69.